The first-order valence-electron chi connectivity index (χ1n) is 6.42. The molecule has 0 aromatic heterocycles. The molecule has 4 heteroatoms. The summed E-state index contributed by atoms with van der Waals surface area (Å²) in [6.45, 7) is 4.94. The fourth-order valence-electron chi connectivity index (χ4n) is 2.37. The number of hydrogen-bond donors (Lipinski definition) is 0. The SMILES string of the molecule is C/C=C1\CN(S(=O)(=O)c2ccccc2)C[C@@H]1/C=C/C. The zero-order chi connectivity index (χ0) is 13.9. The molecule has 0 spiro atoms. The largest absolute Gasteiger partial charge is 0.243 e. The highest BCUT2D eigenvalue weighted by Gasteiger charge is 2.33. The zero-order valence-corrected chi connectivity index (χ0v) is 12.1. The van der Waals surface area contributed by atoms with Crippen LogP contribution < -0.4 is 0 Å². The summed E-state index contributed by atoms with van der Waals surface area (Å²) in [4.78, 5) is 0.367. The van der Waals surface area contributed by atoms with Gasteiger partial charge in [-0.25, -0.2) is 8.42 Å². The Kier molecular flexibility index (Phi) is 4.22. The molecule has 1 saturated heterocycles. The molecule has 1 aromatic carbocycles. The Morgan fingerprint density at radius 1 is 1.21 bits per heavy atom. The number of rotatable bonds is 3. The maximum Gasteiger partial charge on any atom is 0.243 e. The first-order chi connectivity index (χ1) is 9.09. The molecule has 0 saturated carbocycles. The Morgan fingerprint density at radius 3 is 2.47 bits per heavy atom. The van der Waals surface area contributed by atoms with Crippen molar-refractivity contribution in [2.45, 2.75) is 18.7 Å². The van der Waals surface area contributed by atoms with Crippen molar-refractivity contribution in [3.8, 4) is 0 Å². The summed E-state index contributed by atoms with van der Waals surface area (Å²) in [5.41, 5.74) is 1.16. The van der Waals surface area contributed by atoms with E-state index >= 15 is 0 Å². The highest BCUT2D eigenvalue weighted by atomic mass is 32.2. The van der Waals surface area contributed by atoms with Gasteiger partial charge in [-0.1, -0.05) is 42.0 Å². The molecule has 0 N–H and O–H groups in total. The Bertz CT molecular complexity index is 588. The average Bonchev–Trinajstić information content (AvgIpc) is 2.84. The van der Waals surface area contributed by atoms with Crippen LogP contribution in [0, 0.1) is 5.92 Å². The molecule has 0 unspecified atom stereocenters. The smallest absolute Gasteiger partial charge is 0.207 e. The van der Waals surface area contributed by atoms with Crippen LogP contribution in [0.5, 0.6) is 0 Å². The van der Waals surface area contributed by atoms with E-state index in [1.165, 1.54) is 0 Å². The third-order valence-corrected chi connectivity index (χ3v) is 5.24. The molecular weight excluding hydrogens is 258 g/mol. The van der Waals surface area contributed by atoms with Gasteiger partial charge in [0.15, 0.2) is 0 Å². The van der Waals surface area contributed by atoms with Gasteiger partial charge in [-0.15, -0.1) is 0 Å². The second kappa shape index (κ2) is 5.72. The lowest BCUT2D eigenvalue weighted by atomic mass is 10.0. The van der Waals surface area contributed by atoms with Crippen molar-refractivity contribution in [3.63, 3.8) is 0 Å². The quantitative estimate of drug-likeness (QED) is 0.797. The first-order valence-corrected chi connectivity index (χ1v) is 7.86. The fourth-order valence-corrected chi connectivity index (χ4v) is 3.84. The van der Waals surface area contributed by atoms with Crippen LogP contribution in [0.25, 0.3) is 0 Å². The Hall–Kier alpha value is -1.39. The standard InChI is InChI=1S/C15H19NO2S/c1-3-8-14-12-16(11-13(14)4-2)19(17,18)15-9-6-5-7-10-15/h3-10,14H,11-12H2,1-2H3/b8-3+,13-4+/t14-/m0/s1. The Balaban J connectivity index is 2.30. The van der Waals surface area contributed by atoms with E-state index in [0.29, 0.717) is 18.0 Å². The van der Waals surface area contributed by atoms with Crippen molar-refractivity contribution in [1.29, 1.82) is 0 Å². The van der Waals surface area contributed by atoms with E-state index in [1.807, 2.05) is 32.1 Å². The summed E-state index contributed by atoms with van der Waals surface area (Å²) in [6.07, 6.45) is 6.06. The molecule has 1 aliphatic heterocycles. The summed E-state index contributed by atoms with van der Waals surface area (Å²) in [7, 11) is -3.37. The summed E-state index contributed by atoms with van der Waals surface area (Å²) in [6, 6.07) is 8.62. The minimum Gasteiger partial charge on any atom is -0.207 e. The lowest BCUT2D eigenvalue weighted by molar-refractivity contribution is 0.471. The lowest BCUT2D eigenvalue weighted by Crippen LogP contribution is -2.28. The number of benzene rings is 1. The maximum absolute atomic E-state index is 12.5. The van der Waals surface area contributed by atoms with E-state index in [4.69, 9.17) is 0 Å². The topological polar surface area (TPSA) is 37.4 Å². The van der Waals surface area contributed by atoms with Crippen LogP contribution in [0.1, 0.15) is 13.8 Å². The molecule has 1 aromatic rings. The maximum atomic E-state index is 12.5. The molecule has 0 bridgehead atoms. The molecule has 1 aliphatic rings. The molecule has 0 amide bonds. The van der Waals surface area contributed by atoms with Crippen LogP contribution in [0.15, 0.2) is 59.0 Å². The second-order valence-corrected chi connectivity index (χ2v) is 6.54. The molecule has 1 atom stereocenters. The summed E-state index contributed by atoms with van der Waals surface area (Å²) < 4.78 is 26.6. The molecule has 102 valence electrons. The van der Waals surface area contributed by atoms with Crippen molar-refractivity contribution >= 4 is 10.0 Å². The van der Waals surface area contributed by atoms with Gasteiger partial charge in [0.1, 0.15) is 0 Å². The first kappa shape index (κ1) is 14.0. The minimum absolute atomic E-state index is 0.202. The average molecular weight is 277 g/mol. The molecule has 19 heavy (non-hydrogen) atoms. The molecule has 1 fully saturated rings. The second-order valence-electron chi connectivity index (χ2n) is 4.61. The highest BCUT2D eigenvalue weighted by Crippen LogP contribution is 2.28. The number of sulfonamides is 1. The lowest BCUT2D eigenvalue weighted by Gasteiger charge is -2.15. The van der Waals surface area contributed by atoms with Crippen LogP contribution >= 0.6 is 0 Å². The highest BCUT2D eigenvalue weighted by molar-refractivity contribution is 7.89. The van der Waals surface area contributed by atoms with Crippen molar-refractivity contribution in [2.75, 3.05) is 13.1 Å². The van der Waals surface area contributed by atoms with Gasteiger partial charge in [-0.2, -0.15) is 4.31 Å². The predicted molar refractivity (Wildman–Crippen MR) is 77.3 cm³/mol. The van der Waals surface area contributed by atoms with Crippen LogP contribution in [-0.4, -0.2) is 25.8 Å². The van der Waals surface area contributed by atoms with Crippen LogP contribution in [0.4, 0.5) is 0 Å². The van der Waals surface area contributed by atoms with Gasteiger partial charge < -0.3 is 0 Å². The van der Waals surface area contributed by atoms with Crippen LogP contribution in [-0.2, 0) is 10.0 Å². The third-order valence-electron chi connectivity index (χ3n) is 3.41. The number of allylic oxidation sites excluding steroid dienone is 2. The van der Waals surface area contributed by atoms with E-state index in [-0.39, 0.29) is 5.92 Å². The molecule has 0 radical (unpaired) electrons. The minimum atomic E-state index is -3.37. The fraction of sp³-hybridized carbons (Fsp3) is 0.333. The van der Waals surface area contributed by atoms with Gasteiger partial charge in [0, 0.05) is 19.0 Å². The van der Waals surface area contributed by atoms with Crippen molar-refractivity contribution in [2.24, 2.45) is 5.92 Å². The number of hydrogen-bond acceptors (Lipinski definition) is 2. The summed E-state index contributed by atoms with van der Waals surface area (Å²) in [5.74, 6) is 0.202. The van der Waals surface area contributed by atoms with Crippen LogP contribution in [0.3, 0.4) is 0 Å². The zero-order valence-electron chi connectivity index (χ0n) is 11.3. The third kappa shape index (κ3) is 2.80. The monoisotopic (exact) mass is 277 g/mol. The summed E-state index contributed by atoms with van der Waals surface area (Å²) in [5, 5.41) is 0. The van der Waals surface area contributed by atoms with E-state index in [1.54, 1.807) is 28.6 Å². The molecule has 3 nitrogen and oxygen atoms in total. The molecule has 0 aliphatic carbocycles. The van der Waals surface area contributed by atoms with E-state index in [0.717, 1.165) is 5.57 Å². The van der Waals surface area contributed by atoms with Gasteiger partial charge >= 0.3 is 0 Å². The predicted octanol–water partition coefficient (Wildman–Crippen LogP) is 2.83. The van der Waals surface area contributed by atoms with Gasteiger partial charge in [-0.05, 0) is 26.0 Å². The van der Waals surface area contributed by atoms with Crippen molar-refractivity contribution < 1.29 is 8.42 Å². The molecular formula is C15H19NO2S. The van der Waals surface area contributed by atoms with Gasteiger partial charge in [0.25, 0.3) is 0 Å². The van der Waals surface area contributed by atoms with Crippen molar-refractivity contribution in [3.05, 3.63) is 54.1 Å². The van der Waals surface area contributed by atoms with E-state index in [9.17, 15) is 8.42 Å². The summed E-state index contributed by atoms with van der Waals surface area (Å²) >= 11 is 0. The van der Waals surface area contributed by atoms with Crippen molar-refractivity contribution in [1.82, 2.24) is 4.31 Å². The number of nitrogens with zero attached hydrogens (tertiary/aromatic N) is 1. The van der Waals surface area contributed by atoms with Gasteiger partial charge in [-0.3, -0.25) is 0 Å². The van der Waals surface area contributed by atoms with Gasteiger partial charge in [0.05, 0.1) is 4.90 Å². The molecule has 2 rings (SSSR count). The van der Waals surface area contributed by atoms with Gasteiger partial charge in [0.2, 0.25) is 10.0 Å². The van der Waals surface area contributed by atoms with Crippen LogP contribution in [0.2, 0.25) is 0 Å². The Morgan fingerprint density at radius 2 is 1.89 bits per heavy atom. The van der Waals surface area contributed by atoms with E-state index in [2.05, 4.69) is 6.08 Å². The molecule has 1 heterocycles. The Labute approximate surface area is 115 Å². The van der Waals surface area contributed by atoms with E-state index < -0.39 is 10.0 Å². The normalized spacial score (nSPS) is 23.5.